The van der Waals surface area contributed by atoms with E-state index in [0.29, 0.717) is 18.6 Å². The normalized spacial score (nSPS) is 19.3. The summed E-state index contributed by atoms with van der Waals surface area (Å²) in [6, 6.07) is 6.54. The molecule has 1 aliphatic rings. The van der Waals surface area contributed by atoms with E-state index < -0.39 is 0 Å². The van der Waals surface area contributed by atoms with Crippen molar-refractivity contribution < 1.29 is 14.6 Å². The first-order chi connectivity index (χ1) is 11.5. The third kappa shape index (κ3) is 6.06. The SMILES string of the molecule is C=C(C)C=O.COCc1cc(CCO)ccc1[C@]1(C)C=CCCC1. The zero-order chi connectivity index (χ0) is 18.0. The number of benzene rings is 1. The molecule has 24 heavy (non-hydrogen) atoms. The van der Waals surface area contributed by atoms with Gasteiger partial charge < -0.3 is 9.84 Å². The number of carbonyl (C=O) groups excluding carboxylic acids is 1. The van der Waals surface area contributed by atoms with Gasteiger partial charge in [-0.15, -0.1) is 0 Å². The Morgan fingerprint density at radius 3 is 2.67 bits per heavy atom. The van der Waals surface area contributed by atoms with Crippen LogP contribution in [0.15, 0.2) is 42.5 Å². The molecule has 1 aliphatic carbocycles. The van der Waals surface area contributed by atoms with Crippen LogP contribution in [0.2, 0.25) is 0 Å². The van der Waals surface area contributed by atoms with E-state index in [4.69, 9.17) is 9.84 Å². The Labute approximate surface area is 146 Å². The fourth-order valence-corrected chi connectivity index (χ4v) is 3.00. The van der Waals surface area contributed by atoms with Crippen molar-refractivity contribution in [3.05, 3.63) is 59.2 Å². The lowest BCUT2D eigenvalue weighted by atomic mass is 9.73. The van der Waals surface area contributed by atoms with E-state index in [9.17, 15) is 4.79 Å². The van der Waals surface area contributed by atoms with Gasteiger partial charge in [0.1, 0.15) is 6.29 Å². The largest absolute Gasteiger partial charge is 0.396 e. The summed E-state index contributed by atoms with van der Waals surface area (Å²) in [6.45, 7) is 8.11. The van der Waals surface area contributed by atoms with Crippen molar-refractivity contribution in [2.45, 2.75) is 51.6 Å². The van der Waals surface area contributed by atoms with Gasteiger partial charge in [0.25, 0.3) is 0 Å². The molecule has 0 fully saturated rings. The van der Waals surface area contributed by atoms with Crippen LogP contribution in [0.4, 0.5) is 0 Å². The maximum absolute atomic E-state index is 9.41. The van der Waals surface area contributed by atoms with Gasteiger partial charge in [-0.2, -0.15) is 0 Å². The summed E-state index contributed by atoms with van der Waals surface area (Å²) in [5.41, 5.74) is 4.50. The quantitative estimate of drug-likeness (QED) is 0.485. The lowest BCUT2D eigenvalue weighted by Gasteiger charge is -2.32. The van der Waals surface area contributed by atoms with Crippen LogP contribution in [0.3, 0.4) is 0 Å². The van der Waals surface area contributed by atoms with Gasteiger partial charge in [0, 0.05) is 19.1 Å². The molecule has 0 bridgehead atoms. The number of methoxy groups -OCH3 is 1. The third-order valence-electron chi connectivity index (χ3n) is 4.24. The Hall–Kier alpha value is -1.71. The van der Waals surface area contributed by atoms with Crippen LogP contribution >= 0.6 is 0 Å². The van der Waals surface area contributed by atoms with Crippen molar-refractivity contribution in [2.24, 2.45) is 0 Å². The first-order valence-corrected chi connectivity index (χ1v) is 8.47. The Kier molecular flexibility index (Phi) is 8.66. The van der Waals surface area contributed by atoms with Crippen molar-refractivity contribution in [2.75, 3.05) is 13.7 Å². The van der Waals surface area contributed by atoms with Crippen molar-refractivity contribution >= 4 is 6.29 Å². The third-order valence-corrected chi connectivity index (χ3v) is 4.24. The average Bonchev–Trinajstić information content (AvgIpc) is 2.57. The standard InChI is InChI=1S/C17H24O2.C4H6O/c1-17(9-4-3-5-10-17)16-7-6-14(8-11-18)12-15(16)13-19-2;1-4(2)3-5/h4,6-7,9,12,18H,3,5,8,10-11,13H2,1-2H3;3H,1H2,2H3/t17-;/m1./s1. The van der Waals surface area contributed by atoms with Crippen molar-refractivity contribution in [1.29, 1.82) is 0 Å². The van der Waals surface area contributed by atoms with Gasteiger partial charge in [-0.25, -0.2) is 0 Å². The summed E-state index contributed by atoms with van der Waals surface area (Å²) in [5, 5.41) is 9.07. The van der Waals surface area contributed by atoms with E-state index in [-0.39, 0.29) is 12.0 Å². The van der Waals surface area contributed by atoms with Crippen molar-refractivity contribution in [3.63, 3.8) is 0 Å². The van der Waals surface area contributed by atoms with Crippen LogP contribution in [0.25, 0.3) is 0 Å². The average molecular weight is 330 g/mol. The Balaban J connectivity index is 0.000000505. The minimum absolute atomic E-state index is 0.129. The molecule has 132 valence electrons. The van der Waals surface area contributed by atoms with E-state index in [2.05, 4.69) is 43.9 Å². The monoisotopic (exact) mass is 330 g/mol. The highest BCUT2D eigenvalue weighted by Gasteiger charge is 2.27. The van der Waals surface area contributed by atoms with E-state index in [1.165, 1.54) is 36.0 Å². The molecule has 0 amide bonds. The fourth-order valence-electron chi connectivity index (χ4n) is 3.00. The lowest BCUT2D eigenvalue weighted by molar-refractivity contribution is -0.104. The van der Waals surface area contributed by atoms with Crippen LogP contribution in [0.5, 0.6) is 0 Å². The van der Waals surface area contributed by atoms with Crippen LogP contribution in [0.1, 0.15) is 49.8 Å². The summed E-state index contributed by atoms with van der Waals surface area (Å²) < 4.78 is 5.35. The molecule has 0 aliphatic heterocycles. The van der Waals surface area contributed by atoms with Crippen LogP contribution in [-0.4, -0.2) is 25.1 Å². The summed E-state index contributed by atoms with van der Waals surface area (Å²) >= 11 is 0. The number of hydrogen-bond donors (Lipinski definition) is 1. The van der Waals surface area contributed by atoms with Crippen LogP contribution in [0, 0.1) is 0 Å². The highest BCUT2D eigenvalue weighted by atomic mass is 16.5. The molecule has 3 heteroatoms. The molecule has 0 spiro atoms. The molecule has 1 aromatic carbocycles. The van der Waals surface area contributed by atoms with Crippen molar-refractivity contribution in [3.8, 4) is 0 Å². The summed E-state index contributed by atoms with van der Waals surface area (Å²) in [6.07, 6.45) is 9.71. The van der Waals surface area contributed by atoms with Gasteiger partial charge in [0.15, 0.2) is 0 Å². The Bertz CT molecular complexity index is 574. The molecule has 1 N–H and O–H groups in total. The second-order valence-electron chi connectivity index (χ2n) is 6.57. The summed E-state index contributed by atoms with van der Waals surface area (Å²) in [4.78, 5) is 9.41. The number of aliphatic hydroxyl groups excluding tert-OH is 1. The molecule has 1 atom stereocenters. The number of hydrogen-bond acceptors (Lipinski definition) is 3. The zero-order valence-electron chi connectivity index (χ0n) is 15.2. The van der Waals surface area contributed by atoms with E-state index in [0.717, 1.165) is 6.29 Å². The van der Waals surface area contributed by atoms with Gasteiger partial charge >= 0.3 is 0 Å². The second kappa shape index (κ2) is 10.2. The van der Waals surface area contributed by atoms with Gasteiger partial charge in [-0.1, -0.05) is 43.9 Å². The Morgan fingerprint density at radius 1 is 1.46 bits per heavy atom. The van der Waals surface area contributed by atoms with E-state index in [1.54, 1.807) is 14.0 Å². The predicted octanol–water partition coefficient (Wildman–Crippen LogP) is 4.13. The van der Waals surface area contributed by atoms with Crippen LogP contribution in [-0.2, 0) is 28.0 Å². The molecule has 0 saturated heterocycles. The summed E-state index contributed by atoms with van der Waals surface area (Å²) in [7, 11) is 1.74. The maximum atomic E-state index is 9.41. The number of carbonyl (C=O) groups is 1. The number of aldehydes is 1. The number of rotatable bonds is 6. The number of ether oxygens (including phenoxy) is 1. The second-order valence-corrected chi connectivity index (χ2v) is 6.57. The highest BCUT2D eigenvalue weighted by Crippen LogP contribution is 2.37. The topological polar surface area (TPSA) is 46.5 Å². The molecular weight excluding hydrogens is 300 g/mol. The van der Waals surface area contributed by atoms with Gasteiger partial charge in [-0.3, -0.25) is 4.79 Å². The molecule has 3 nitrogen and oxygen atoms in total. The van der Waals surface area contributed by atoms with Gasteiger partial charge in [-0.05, 0) is 54.9 Å². The summed E-state index contributed by atoms with van der Waals surface area (Å²) in [5.74, 6) is 0. The molecule has 1 aromatic rings. The molecule has 0 unspecified atom stereocenters. The van der Waals surface area contributed by atoms with E-state index >= 15 is 0 Å². The first kappa shape index (κ1) is 20.3. The van der Waals surface area contributed by atoms with Crippen molar-refractivity contribution in [1.82, 2.24) is 0 Å². The Morgan fingerprint density at radius 2 is 2.17 bits per heavy atom. The number of aliphatic hydroxyl groups is 1. The predicted molar refractivity (Wildman–Crippen MR) is 99.2 cm³/mol. The molecular formula is C21H30O3. The van der Waals surface area contributed by atoms with Gasteiger partial charge in [0.2, 0.25) is 0 Å². The minimum Gasteiger partial charge on any atom is -0.396 e. The molecule has 0 aromatic heterocycles. The smallest absolute Gasteiger partial charge is 0.145 e. The lowest BCUT2D eigenvalue weighted by Crippen LogP contribution is -2.23. The zero-order valence-corrected chi connectivity index (χ0v) is 15.2. The van der Waals surface area contributed by atoms with Gasteiger partial charge in [0.05, 0.1) is 6.61 Å². The van der Waals surface area contributed by atoms with E-state index in [1.807, 2.05) is 0 Å². The fraction of sp³-hybridized carbons (Fsp3) is 0.476. The maximum Gasteiger partial charge on any atom is 0.145 e. The molecule has 2 rings (SSSR count). The molecule has 0 radical (unpaired) electrons. The first-order valence-electron chi connectivity index (χ1n) is 8.47. The highest BCUT2D eigenvalue weighted by molar-refractivity contribution is 5.70. The van der Waals surface area contributed by atoms with Crippen LogP contribution < -0.4 is 0 Å². The minimum atomic E-state index is 0.129. The molecule has 0 saturated carbocycles. The number of allylic oxidation sites excluding steroid dienone is 3. The molecule has 0 heterocycles.